The summed E-state index contributed by atoms with van der Waals surface area (Å²) in [5, 5.41) is 16.8. The molecule has 5 nitrogen and oxygen atoms in total. The number of hydrogen-bond donors (Lipinski definition) is 2. The van der Waals surface area contributed by atoms with Gasteiger partial charge in [-0.3, -0.25) is 4.79 Å². The van der Waals surface area contributed by atoms with Crippen LogP contribution in [0.1, 0.15) is 18.5 Å². The Bertz CT molecular complexity index is 741. The van der Waals surface area contributed by atoms with Crippen molar-refractivity contribution in [2.24, 2.45) is 0 Å². The lowest BCUT2D eigenvalue weighted by molar-refractivity contribution is 0.450. The van der Waals surface area contributed by atoms with Gasteiger partial charge in [0, 0.05) is 24.7 Å². The molecular weight excluding hydrogens is 280 g/mol. The maximum Gasteiger partial charge on any atom is 0.275 e. The lowest BCUT2D eigenvalue weighted by Crippen LogP contribution is -2.25. The van der Waals surface area contributed by atoms with Crippen molar-refractivity contribution >= 4 is 0 Å². The molecule has 1 fully saturated rings. The van der Waals surface area contributed by atoms with Crippen molar-refractivity contribution in [2.75, 3.05) is 0 Å². The highest BCUT2D eigenvalue weighted by molar-refractivity contribution is 5.35. The quantitative estimate of drug-likeness (QED) is 0.896. The second-order valence-electron chi connectivity index (χ2n) is 4.98. The molecule has 2 N–H and O–H groups in total. The van der Waals surface area contributed by atoms with E-state index in [0.29, 0.717) is 6.04 Å². The van der Waals surface area contributed by atoms with E-state index in [1.54, 1.807) is 0 Å². The van der Waals surface area contributed by atoms with Crippen LogP contribution in [-0.4, -0.2) is 20.9 Å². The van der Waals surface area contributed by atoms with Crippen LogP contribution >= 0.6 is 0 Å². The third-order valence-corrected chi connectivity index (χ3v) is 3.26. The molecule has 7 heteroatoms. The van der Waals surface area contributed by atoms with Gasteiger partial charge in [-0.2, -0.15) is 9.78 Å². The fourth-order valence-electron chi connectivity index (χ4n) is 1.96. The van der Waals surface area contributed by atoms with Crippen LogP contribution in [-0.2, 0) is 6.54 Å². The largest absolute Gasteiger partial charge is 0.506 e. The summed E-state index contributed by atoms with van der Waals surface area (Å²) >= 11 is 0. The highest BCUT2D eigenvalue weighted by Crippen LogP contribution is 2.21. The maximum absolute atomic E-state index is 13.7. The molecule has 110 valence electrons. The van der Waals surface area contributed by atoms with E-state index in [0.717, 1.165) is 41.8 Å². The van der Waals surface area contributed by atoms with E-state index in [9.17, 15) is 18.7 Å². The van der Waals surface area contributed by atoms with E-state index in [1.807, 2.05) is 0 Å². The van der Waals surface area contributed by atoms with Gasteiger partial charge in [0.25, 0.3) is 5.56 Å². The number of nitrogens with zero attached hydrogens (tertiary/aromatic N) is 2. The summed E-state index contributed by atoms with van der Waals surface area (Å²) in [7, 11) is 0. The van der Waals surface area contributed by atoms with Crippen LogP contribution in [0.3, 0.4) is 0 Å². The average Bonchev–Trinajstić information content (AvgIpc) is 3.25. The first-order chi connectivity index (χ1) is 10.0. The zero-order chi connectivity index (χ0) is 15.0. The molecule has 0 spiro atoms. The number of aromatic nitrogens is 2. The van der Waals surface area contributed by atoms with Crippen LogP contribution < -0.4 is 10.9 Å². The first-order valence-electron chi connectivity index (χ1n) is 6.55. The van der Waals surface area contributed by atoms with Gasteiger partial charge in [-0.1, -0.05) is 0 Å². The van der Waals surface area contributed by atoms with Gasteiger partial charge in [0.15, 0.2) is 0 Å². The average molecular weight is 293 g/mol. The Kier molecular flexibility index (Phi) is 3.42. The number of rotatable bonds is 4. The van der Waals surface area contributed by atoms with Crippen LogP contribution in [0.2, 0.25) is 0 Å². The van der Waals surface area contributed by atoms with Crippen molar-refractivity contribution in [1.82, 2.24) is 15.1 Å². The number of aromatic hydroxyl groups is 1. The van der Waals surface area contributed by atoms with Crippen molar-refractivity contribution in [3.63, 3.8) is 0 Å². The van der Waals surface area contributed by atoms with Gasteiger partial charge in [0.05, 0.1) is 0 Å². The van der Waals surface area contributed by atoms with E-state index in [4.69, 9.17) is 0 Å². The Labute approximate surface area is 118 Å². The standard InChI is InChI=1S/C14H13F2N3O2/c15-8-1-4-10(16)12(5-8)19-14(21)6-13(20)11(18-19)7-17-9-2-3-9/h1,4-6,9,17,20H,2-3,7H2. The lowest BCUT2D eigenvalue weighted by Gasteiger charge is -2.10. The molecule has 0 unspecified atom stereocenters. The summed E-state index contributed by atoms with van der Waals surface area (Å²) < 4.78 is 27.7. The SMILES string of the molecule is O=c1cc(O)c(CNC2CC2)nn1-c1cc(F)ccc1F. The minimum Gasteiger partial charge on any atom is -0.506 e. The zero-order valence-corrected chi connectivity index (χ0v) is 11.0. The second kappa shape index (κ2) is 5.25. The van der Waals surface area contributed by atoms with Gasteiger partial charge in [0.2, 0.25) is 0 Å². The van der Waals surface area contributed by atoms with Gasteiger partial charge < -0.3 is 10.4 Å². The van der Waals surface area contributed by atoms with Crippen LogP contribution in [0.5, 0.6) is 5.75 Å². The van der Waals surface area contributed by atoms with Crippen LogP contribution in [0.15, 0.2) is 29.1 Å². The molecule has 2 aromatic rings. The van der Waals surface area contributed by atoms with Crippen molar-refractivity contribution in [3.8, 4) is 11.4 Å². The highest BCUT2D eigenvalue weighted by atomic mass is 19.1. The molecule has 3 rings (SSSR count). The first kappa shape index (κ1) is 13.7. The van der Waals surface area contributed by atoms with Gasteiger partial charge in [-0.15, -0.1) is 0 Å². The topological polar surface area (TPSA) is 67.2 Å². The molecule has 0 amide bonds. The molecule has 0 bridgehead atoms. The number of halogens is 2. The van der Waals surface area contributed by atoms with Crippen LogP contribution in [0.25, 0.3) is 5.69 Å². The molecule has 1 saturated carbocycles. The van der Waals surface area contributed by atoms with E-state index in [2.05, 4.69) is 10.4 Å². The van der Waals surface area contributed by atoms with Crippen LogP contribution in [0, 0.1) is 11.6 Å². The van der Waals surface area contributed by atoms with E-state index in [1.165, 1.54) is 0 Å². The van der Waals surface area contributed by atoms with Crippen molar-refractivity contribution < 1.29 is 13.9 Å². The van der Waals surface area contributed by atoms with Gasteiger partial charge in [0.1, 0.15) is 28.8 Å². The molecule has 21 heavy (non-hydrogen) atoms. The number of nitrogens with one attached hydrogen (secondary N) is 1. The summed E-state index contributed by atoms with van der Waals surface area (Å²) in [5.74, 6) is -1.70. The minimum absolute atomic E-state index is 0.213. The fraction of sp³-hybridized carbons (Fsp3) is 0.286. The summed E-state index contributed by atoms with van der Waals surface area (Å²) in [6.07, 6.45) is 2.11. The lowest BCUT2D eigenvalue weighted by atomic mass is 10.3. The molecule has 1 aliphatic rings. The molecule has 1 aliphatic carbocycles. The Morgan fingerprint density at radius 2 is 2.10 bits per heavy atom. The summed E-state index contributed by atoms with van der Waals surface area (Å²) in [5.41, 5.74) is -0.801. The minimum atomic E-state index is -0.766. The number of benzene rings is 1. The highest BCUT2D eigenvalue weighted by Gasteiger charge is 2.21. The summed E-state index contributed by atoms with van der Waals surface area (Å²) in [4.78, 5) is 11.8. The molecule has 1 aromatic carbocycles. The van der Waals surface area contributed by atoms with Gasteiger partial charge >= 0.3 is 0 Å². The molecule has 0 radical (unpaired) electrons. The fourth-order valence-corrected chi connectivity index (χ4v) is 1.96. The number of hydrogen-bond acceptors (Lipinski definition) is 4. The zero-order valence-electron chi connectivity index (χ0n) is 11.0. The molecule has 0 aliphatic heterocycles. The van der Waals surface area contributed by atoms with Gasteiger partial charge in [-0.25, -0.2) is 8.78 Å². The third kappa shape index (κ3) is 2.92. The summed E-state index contributed by atoms with van der Waals surface area (Å²) in [6.45, 7) is 0.258. The Balaban J connectivity index is 2.02. The van der Waals surface area contributed by atoms with Gasteiger partial charge in [-0.05, 0) is 25.0 Å². The monoisotopic (exact) mass is 293 g/mol. The normalized spacial score (nSPS) is 14.4. The molecule has 0 saturated heterocycles. The molecule has 1 aromatic heterocycles. The van der Waals surface area contributed by atoms with Crippen molar-refractivity contribution in [2.45, 2.75) is 25.4 Å². The Morgan fingerprint density at radius 3 is 2.81 bits per heavy atom. The van der Waals surface area contributed by atoms with E-state index < -0.39 is 17.2 Å². The third-order valence-electron chi connectivity index (χ3n) is 3.26. The Morgan fingerprint density at radius 1 is 1.33 bits per heavy atom. The molecule has 1 heterocycles. The maximum atomic E-state index is 13.7. The smallest absolute Gasteiger partial charge is 0.275 e. The first-order valence-corrected chi connectivity index (χ1v) is 6.55. The predicted molar refractivity (Wildman–Crippen MR) is 71.3 cm³/mol. The van der Waals surface area contributed by atoms with E-state index in [-0.39, 0.29) is 23.7 Å². The molecular formula is C14H13F2N3O2. The Hall–Kier alpha value is -2.28. The second-order valence-corrected chi connectivity index (χ2v) is 4.98. The predicted octanol–water partition coefficient (Wildman–Crippen LogP) is 1.47. The van der Waals surface area contributed by atoms with Crippen molar-refractivity contribution in [3.05, 3.63) is 51.9 Å². The molecule has 0 atom stereocenters. The van der Waals surface area contributed by atoms with E-state index >= 15 is 0 Å². The van der Waals surface area contributed by atoms with Crippen molar-refractivity contribution in [1.29, 1.82) is 0 Å². The summed E-state index contributed by atoms with van der Waals surface area (Å²) in [6, 6.07) is 4.10. The van der Waals surface area contributed by atoms with Crippen LogP contribution in [0.4, 0.5) is 8.78 Å².